The van der Waals surface area contributed by atoms with Gasteiger partial charge in [0.2, 0.25) is 5.28 Å². The highest BCUT2D eigenvalue weighted by Gasteiger charge is 2.21. The first-order chi connectivity index (χ1) is 7.70. The van der Waals surface area contributed by atoms with Crippen LogP contribution in [0.2, 0.25) is 5.28 Å². The molecule has 1 fully saturated rings. The molecular weight excluding hydrogens is 226 g/mol. The fourth-order valence-electron chi connectivity index (χ4n) is 2.04. The highest BCUT2D eigenvalue weighted by atomic mass is 35.5. The predicted octanol–water partition coefficient (Wildman–Crippen LogP) is 2.05. The van der Waals surface area contributed by atoms with Crippen molar-refractivity contribution in [3.05, 3.63) is 17.0 Å². The largest absolute Gasteiger partial charge is 0.381 e. The second kappa shape index (κ2) is 4.97. The van der Waals surface area contributed by atoms with Crippen molar-refractivity contribution in [2.45, 2.75) is 25.9 Å². The number of piperidine rings is 1. The highest BCUT2D eigenvalue weighted by Crippen LogP contribution is 2.23. The third kappa shape index (κ3) is 2.44. The summed E-state index contributed by atoms with van der Waals surface area (Å²) in [4.78, 5) is 10.5. The topological polar surface area (TPSA) is 38.2 Å². The van der Waals surface area contributed by atoms with Gasteiger partial charge in [-0.25, -0.2) is 9.97 Å². The van der Waals surface area contributed by atoms with Crippen LogP contribution in [0.1, 0.15) is 18.4 Å². The van der Waals surface area contributed by atoms with Crippen molar-refractivity contribution in [1.82, 2.24) is 9.97 Å². The lowest BCUT2D eigenvalue weighted by Crippen LogP contribution is -2.37. The second-order valence-corrected chi connectivity index (χ2v) is 4.41. The van der Waals surface area contributed by atoms with E-state index < -0.39 is 0 Å². The van der Waals surface area contributed by atoms with E-state index in [2.05, 4.69) is 14.9 Å². The van der Waals surface area contributed by atoms with Crippen LogP contribution < -0.4 is 4.90 Å². The number of hydrogen-bond acceptors (Lipinski definition) is 4. The van der Waals surface area contributed by atoms with Gasteiger partial charge in [-0.15, -0.1) is 0 Å². The van der Waals surface area contributed by atoms with Crippen molar-refractivity contribution in [1.29, 1.82) is 0 Å². The molecule has 1 saturated heterocycles. The Hall–Kier alpha value is -0.870. The van der Waals surface area contributed by atoms with E-state index in [1.807, 2.05) is 6.92 Å². The summed E-state index contributed by atoms with van der Waals surface area (Å²) in [6, 6.07) is 0. The fraction of sp³-hybridized carbons (Fsp3) is 0.636. The first-order valence-corrected chi connectivity index (χ1v) is 5.85. The average Bonchev–Trinajstić information content (AvgIpc) is 2.32. The summed E-state index contributed by atoms with van der Waals surface area (Å²) in [5, 5.41) is 0.314. The first kappa shape index (κ1) is 11.6. The monoisotopic (exact) mass is 241 g/mol. The maximum Gasteiger partial charge on any atom is 0.224 e. The SMILES string of the molecule is COC1CCN(c2nc(Cl)ncc2C)CC1. The Morgan fingerprint density at radius 1 is 1.44 bits per heavy atom. The summed E-state index contributed by atoms with van der Waals surface area (Å²) >= 11 is 5.82. The fourth-order valence-corrected chi connectivity index (χ4v) is 2.16. The molecule has 5 heteroatoms. The van der Waals surface area contributed by atoms with E-state index >= 15 is 0 Å². The number of nitrogens with zero attached hydrogens (tertiary/aromatic N) is 3. The van der Waals surface area contributed by atoms with Crippen LogP contribution in [-0.4, -0.2) is 36.3 Å². The number of anilines is 1. The third-order valence-electron chi connectivity index (χ3n) is 2.99. The van der Waals surface area contributed by atoms with Gasteiger partial charge in [-0.05, 0) is 31.4 Å². The number of aromatic nitrogens is 2. The number of hydrogen-bond donors (Lipinski definition) is 0. The van der Waals surface area contributed by atoms with E-state index in [0.29, 0.717) is 11.4 Å². The van der Waals surface area contributed by atoms with Gasteiger partial charge in [-0.2, -0.15) is 0 Å². The molecule has 0 spiro atoms. The summed E-state index contributed by atoms with van der Waals surface area (Å²) in [5.74, 6) is 0.953. The number of ether oxygens (including phenoxy) is 1. The molecule has 4 nitrogen and oxygen atoms in total. The van der Waals surface area contributed by atoms with E-state index in [0.717, 1.165) is 37.3 Å². The molecule has 1 aliphatic heterocycles. The van der Waals surface area contributed by atoms with Gasteiger partial charge < -0.3 is 9.64 Å². The molecule has 0 aliphatic carbocycles. The van der Waals surface area contributed by atoms with E-state index in [-0.39, 0.29) is 0 Å². The minimum atomic E-state index is 0.314. The van der Waals surface area contributed by atoms with Gasteiger partial charge in [0, 0.05) is 32.0 Å². The van der Waals surface area contributed by atoms with Crippen molar-refractivity contribution in [2.24, 2.45) is 0 Å². The predicted molar refractivity (Wildman–Crippen MR) is 64.0 cm³/mol. The molecule has 2 heterocycles. The van der Waals surface area contributed by atoms with Gasteiger partial charge >= 0.3 is 0 Å². The summed E-state index contributed by atoms with van der Waals surface area (Å²) in [7, 11) is 1.77. The van der Waals surface area contributed by atoms with E-state index in [9.17, 15) is 0 Å². The number of methoxy groups -OCH3 is 1. The first-order valence-electron chi connectivity index (χ1n) is 5.47. The molecule has 0 amide bonds. The molecule has 2 rings (SSSR count). The summed E-state index contributed by atoms with van der Waals surface area (Å²) in [5.41, 5.74) is 1.07. The van der Waals surface area contributed by atoms with Crippen LogP contribution in [0.5, 0.6) is 0 Å². The molecule has 1 aliphatic rings. The summed E-state index contributed by atoms with van der Waals surface area (Å²) in [6.07, 6.45) is 4.23. The van der Waals surface area contributed by atoms with Crippen LogP contribution in [0, 0.1) is 6.92 Å². The standard InChI is InChI=1S/C11H16ClN3O/c1-8-7-13-11(12)14-10(8)15-5-3-9(16-2)4-6-15/h7,9H,3-6H2,1-2H3. The highest BCUT2D eigenvalue weighted by molar-refractivity contribution is 6.28. The average molecular weight is 242 g/mol. The molecular formula is C11H16ClN3O. The van der Waals surface area contributed by atoms with Gasteiger partial charge in [0.15, 0.2) is 0 Å². The van der Waals surface area contributed by atoms with Crippen LogP contribution in [0.15, 0.2) is 6.20 Å². The number of aryl methyl sites for hydroxylation is 1. The Kier molecular flexibility index (Phi) is 3.61. The van der Waals surface area contributed by atoms with Crippen molar-refractivity contribution in [2.75, 3.05) is 25.1 Å². The number of rotatable bonds is 2. The van der Waals surface area contributed by atoms with E-state index in [1.54, 1.807) is 13.3 Å². The zero-order chi connectivity index (χ0) is 11.5. The zero-order valence-corrected chi connectivity index (χ0v) is 10.4. The van der Waals surface area contributed by atoms with Gasteiger partial charge in [-0.3, -0.25) is 0 Å². The van der Waals surface area contributed by atoms with Gasteiger partial charge in [-0.1, -0.05) is 0 Å². The molecule has 0 N–H and O–H groups in total. The smallest absolute Gasteiger partial charge is 0.224 e. The van der Waals surface area contributed by atoms with E-state index in [1.165, 1.54) is 0 Å². The van der Waals surface area contributed by atoms with Gasteiger partial charge in [0.05, 0.1) is 6.10 Å². The maximum absolute atomic E-state index is 5.82. The molecule has 1 aromatic rings. The Morgan fingerprint density at radius 2 is 2.12 bits per heavy atom. The lowest BCUT2D eigenvalue weighted by molar-refractivity contribution is 0.0818. The van der Waals surface area contributed by atoms with Crippen LogP contribution >= 0.6 is 11.6 Å². The van der Waals surface area contributed by atoms with Crippen LogP contribution in [0.4, 0.5) is 5.82 Å². The molecule has 1 aromatic heterocycles. The molecule has 0 bridgehead atoms. The lowest BCUT2D eigenvalue weighted by atomic mass is 10.1. The van der Waals surface area contributed by atoms with Crippen molar-refractivity contribution >= 4 is 17.4 Å². The van der Waals surface area contributed by atoms with Crippen LogP contribution in [0.3, 0.4) is 0 Å². The Morgan fingerprint density at radius 3 is 2.75 bits per heavy atom. The maximum atomic E-state index is 5.82. The lowest BCUT2D eigenvalue weighted by Gasteiger charge is -2.32. The van der Waals surface area contributed by atoms with Gasteiger partial charge in [0.25, 0.3) is 0 Å². The minimum Gasteiger partial charge on any atom is -0.381 e. The van der Waals surface area contributed by atoms with Crippen molar-refractivity contribution in [3.8, 4) is 0 Å². The Balaban J connectivity index is 2.10. The van der Waals surface area contributed by atoms with Crippen molar-refractivity contribution in [3.63, 3.8) is 0 Å². The van der Waals surface area contributed by atoms with Crippen LogP contribution in [-0.2, 0) is 4.74 Å². The normalized spacial score (nSPS) is 17.8. The Bertz CT molecular complexity index is 364. The van der Waals surface area contributed by atoms with E-state index in [4.69, 9.17) is 16.3 Å². The second-order valence-electron chi connectivity index (χ2n) is 4.07. The molecule has 16 heavy (non-hydrogen) atoms. The molecule has 0 radical (unpaired) electrons. The third-order valence-corrected chi connectivity index (χ3v) is 3.17. The van der Waals surface area contributed by atoms with Crippen molar-refractivity contribution < 1.29 is 4.74 Å². The zero-order valence-electron chi connectivity index (χ0n) is 9.61. The quantitative estimate of drug-likeness (QED) is 0.743. The Labute approximate surface area is 101 Å². The van der Waals surface area contributed by atoms with Crippen LogP contribution in [0.25, 0.3) is 0 Å². The molecule has 0 unspecified atom stereocenters. The number of halogens is 1. The molecule has 0 aromatic carbocycles. The molecule has 0 atom stereocenters. The van der Waals surface area contributed by atoms with Gasteiger partial charge in [0.1, 0.15) is 5.82 Å². The molecule has 0 saturated carbocycles. The summed E-state index contributed by atoms with van der Waals surface area (Å²) in [6.45, 7) is 3.94. The molecule has 88 valence electrons. The summed E-state index contributed by atoms with van der Waals surface area (Å²) < 4.78 is 5.34. The minimum absolute atomic E-state index is 0.314.